The van der Waals surface area contributed by atoms with Gasteiger partial charge in [-0.1, -0.05) is 19.3 Å². The lowest BCUT2D eigenvalue weighted by Crippen LogP contribution is -2.47. The summed E-state index contributed by atoms with van der Waals surface area (Å²) in [7, 11) is 1.20. The van der Waals surface area contributed by atoms with Gasteiger partial charge >= 0.3 is 12.1 Å². The highest BCUT2D eigenvalue weighted by atomic mass is 19.4. The molecule has 0 aliphatic heterocycles. The van der Waals surface area contributed by atoms with Crippen LogP contribution in [0.4, 0.5) is 13.2 Å². The third-order valence-electron chi connectivity index (χ3n) is 4.32. The minimum atomic E-state index is -4.88. The first-order chi connectivity index (χ1) is 9.80. The van der Waals surface area contributed by atoms with E-state index >= 15 is 0 Å². The summed E-state index contributed by atoms with van der Waals surface area (Å²) in [5.74, 6) is -2.35. The fourth-order valence-electron chi connectivity index (χ4n) is 3.31. The van der Waals surface area contributed by atoms with Crippen molar-refractivity contribution in [2.24, 2.45) is 5.41 Å². The molecule has 0 radical (unpaired) electrons. The molecule has 0 atom stereocenters. The van der Waals surface area contributed by atoms with Gasteiger partial charge in [-0.3, -0.25) is 9.59 Å². The molecular weight excluding hydrogens is 287 g/mol. The second kappa shape index (κ2) is 5.69. The van der Waals surface area contributed by atoms with Crippen LogP contribution < -0.4 is 5.32 Å². The number of ether oxygens (including phenoxy) is 1. The Labute approximate surface area is 120 Å². The summed E-state index contributed by atoms with van der Waals surface area (Å²) in [6.07, 6.45) is -0.612. The molecule has 118 valence electrons. The number of allylic oxidation sites excluding steroid dienone is 2. The number of methoxy groups -OCH3 is 1. The molecule has 0 aromatic rings. The summed E-state index contributed by atoms with van der Waals surface area (Å²) in [5, 5.41) is 2.63. The first kappa shape index (κ1) is 15.9. The molecule has 0 aromatic carbocycles. The van der Waals surface area contributed by atoms with Gasteiger partial charge < -0.3 is 10.1 Å². The van der Waals surface area contributed by atoms with E-state index in [2.05, 4.69) is 10.1 Å². The maximum absolute atomic E-state index is 12.8. The van der Waals surface area contributed by atoms with Gasteiger partial charge in [0.1, 0.15) is 6.54 Å². The Morgan fingerprint density at radius 2 is 1.86 bits per heavy atom. The summed E-state index contributed by atoms with van der Waals surface area (Å²) in [4.78, 5) is 22.8. The molecule has 0 aromatic heterocycles. The van der Waals surface area contributed by atoms with Crippen molar-refractivity contribution in [2.45, 2.75) is 44.7 Å². The van der Waals surface area contributed by atoms with Crippen LogP contribution >= 0.6 is 0 Å². The molecule has 0 unspecified atom stereocenters. The standard InChI is InChI=1S/C14H18F3NO3/c1-21-10(19)8-18-9-7-13(5-3-2-4-6-13)11(9)12(20)14(15,16)17/h18H,2-8H2,1H3. The van der Waals surface area contributed by atoms with Crippen LogP contribution in [-0.4, -0.2) is 31.6 Å². The molecule has 2 aliphatic rings. The van der Waals surface area contributed by atoms with E-state index in [1.807, 2.05) is 0 Å². The lowest BCUT2D eigenvalue weighted by Gasteiger charge is -2.48. The Bertz CT molecular complexity index is 476. The molecule has 1 spiro atoms. The summed E-state index contributed by atoms with van der Waals surface area (Å²) < 4.78 is 42.8. The van der Waals surface area contributed by atoms with Crippen LogP contribution in [0.1, 0.15) is 38.5 Å². The van der Waals surface area contributed by atoms with Crippen molar-refractivity contribution in [2.75, 3.05) is 13.7 Å². The van der Waals surface area contributed by atoms with E-state index in [1.54, 1.807) is 0 Å². The second-order valence-electron chi connectivity index (χ2n) is 5.63. The number of nitrogens with one attached hydrogen (secondary N) is 1. The van der Waals surface area contributed by atoms with E-state index in [9.17, 15) is 22.8 Å². The first-order valence-electron chi connectivity index (χ1n) is 6.96. The quantitative estimate of drug-likeness (QED) is 0.811. The molecule has 2 rings (SSSR count). The molecule has 0 heterocycles. The van der Waals surface area contributed by atoms with Gasteiger partial charge in [-0.05, 0) is 19.3 Å². The highest BCUT2D eigenvalue weighted by Gasteiger charge is 2.55. The van der Waals surface area contributed by atoms with Gasteiger partial charge in [-0.15, -0.1) is 0 Å². The van der Waals surface area contributed by atoms with E-state index in [0.29, 0.717) is 19.3 Å². The van der Waals surface area contributed by atoms with Crippen molar-refractivity contribution >= 4 is 11.8 Å². The van der Waals surface area contributed by atoms with Crippen LogP contribution in [0.15, 0.2) is 11.3 Å². The molecule has 1 fully saturated rings. The summed E-state index contributed by atoms with van der Waals surface area (Å²) in [6.45, 7) is -0.226. The highest BCUT2D eigenvalue weighted by molar-refractivity contribution is 6.03. The monoisotopic (exact) mass is 305 g/mol. The van der Waals surface area contributed by atoms with Crippen molar-refractivity contribution < 1.29 is 27.5 Å². The molecule has 0 bridgehead atoms. The number of Topliss-reactive ketones (excluding diaryl/α,β-unsaturated/α-hetero) is 1. The zero-order valence-corrected chi connectivity index (χ0v) is 11.8. The number of esters is 1. The Hall–Kier alpha value is -1.53. The van der Waals surface area contributed by atoms with E-state index < -0.39 is 23.3 Å². The highest BCUT2D eigenvalue weighted by Crippen LogP contribution is 2.56. The Balaban J connectivity index is 2.22. The van der Waals surface area contributed by atoms with E-state index in [4.69, 9.17) is 0 Å². The van der Waals surface area contributed by atoms with Crippen molar-refractivity contribution in [3.63, 3.8) is 0 Å². The van der Waals surface area contributed by atoms with E-state index in [1.165, 1.54) is 7.11 Å². The number of alkyl halides is 3. The van der Waals surface area contributed by atoms with Crippen molar-refractivity contribution in [1.82, 2.24) is 5.32 Å². The molecule has 0 amide bonds. The number of carbonyl (C=O) groups excluding carboxylic acids is 2. The van der Waals surface area contributed by atoms with Crippen LogP contribution in [0, 0.1) is 5.41 Å². The molecule has 2 aliphatic carbocycles. The summed E-state index contributed by atoms with van der Waals surface area (Å²) >= 11 is 0. The molecule has 4 nitrogen and oxygen atoms in total. The normalized spacial score (nSPS) is 21.0. The average Bonchev–Trinajstić information content (AvgIpc) is 2.42. The van der Waals surface area contributed by atoms with Gasteiger partial charge in [-0.2, -0.15) is 13.2 Å². The average molecular weight is 305 g/mol. The fraction of sp³-hybridized carbons (Fsp3) is 0.714. The van der Waals surface area contributed by atoms with Gasteiger partial charge in [0.25, 0.3) is 5.78 Å². The predicted octanol–water partition coefficient (Wildman–Crippen LogP) is 2.49. The van der Waals surface area contributed by atoms with E-state index in [0.717, 1.165) is 19.3 Å². The topological polar surface area (TPSA) is 55.4 Å². The largest absolute Gasteiger partial charge is 0.468 e. The lowest BCUT2D eigenvalue weighted by atomic mass is 9.58. The zero-order chi connectivity index (χ0) is 15.7. The molecule has 1 N–H and O–H groups in total. The van der Waals surface area contributed by atoms with E-state index in [-0.39, 0.29) is 17.8 Å². The third kappa shape index (κ3) is 3.06. The van der Waals surface area contributed by atoms with Gasteiger partial charge in [0.15, 0.2) is 0 Å². The fourth-order valence-corrected chi connectivity index (χ4v) is 3.31. The number of rotatable bonds is 4. The SMILES string of the molecule is COC(=O)CNC1=C(C(=O)C(F)(F)F)C2(CCCCC2)C1. The van der Waals surface area contributed by atoms with Gasteiger partial charge in [0, 0.05) is 16.7 Å². The number of ketones is 1. The number of carbonyl (C=O) groups is 2. The molecular formula is C14H18F3NO3. The smallest absolute Gasteiger partial charge is 0.454 e. The van der Waals surface area contributed by atoms with Crippen LogP contribution in [-0.2, 0) is 14.3 Å². The molecule has 0 saturated heterocycles. The van der Waals surface area contributed by atoms with Crippen LogP contribution in [0.2, 0.25) is 0 Å². The third-order valence-corrected chi connectivity index (χ3v) is 4.32. The predicted molar refractivity (Wildman–Crippen MR) is 68.2 cm³/mol. The zero-order valence-electron chi connectivity index (χ0n) is 11.8. The molecule has 7 heteroatoms. The lowest BCUT2D eigenvalue weighted by molar-refractivity contribution is -0.169. The second-order valence-corrected chi connectivity index (χ2v) is 5.63. The Kier molecular flexibility index (Phi) is 4.30. The number of halogens is 3. The maximum atomic E-state index is 12.8. The number of hydrogen-bond acceptors (Lipinski definition) is 4. The molecule has 1 saturated carbocycles. The van der Waals surface area contributed by atoms with Crippen molar-refractivity contribution in [1.29, 1.82) is 0 Å². The minimum absolute atomic E-state index is 0.168. The summed E-state index contributed by atoms with van der Waals surface area (Å²) in [6, 6.07) is 0. The van der Waals surface area contributed by atoms with Crippen LogP contribution in [0.5, 0.6) is 0 Å². The minimum Gasteiger partial charge on any atom is -0.468 e. The van der Waals surface area contributed by atoms with Gasteiger partial charge in [0.2, 0.25) is 0 Å². The maximum Gasteiger partial charge on any atom is 0.454 e. The van der Waals surface area contributed by atoms with Crippen LogP contribution in [0.25, 0.3) is 0 Å². The van der Waals surface area contributed by atoms with Crippen molar-refractivity contribution in [3.05, 3.63) is 11.3 Å². The summed E-state index contributed by atoms with van der Waals surface area (Å²) in [5.41, 5.74) is -0.577. The Morgan fingerprint density at radius 3 is 2.38 bits per heavy atom. The first-order valence-corrected chi connectivity index (χ1v) is 6.96. The van der Waals surface area contributed by atoms with Crippen molar-refractivity contribution in [3.8, 4) is 0 Å². The molecule has 21 heavy (non-hydrogen) atoms. The van der Waals surface area contributed by atoms with Gasteiger partial charge in [-0.25, -0.2) is 0 Å². The van der Waals surface area contributed by atoms with Gasteiger partial charge in [0.05, 0.1) is 7.11 Å². The Morgan fingerprint density at radius 1 is 1.24 bits per heavy atom. The van der Waals surface area contributed by atoms with Crippen LogP contribution in [0.3, 0.4) is 0 Å². The number of hydrogen-bond donors (Lipinski definition) is 1.